The lowest BCUT2D eigenvalue weighted by molar-refractivity contribution is -0.127. The molecule has 0 spiro atoms. The average Bonchev–Trinajstić information content (AvgIpc) is 2.51. The van der Waals surface area contributed by atoms with Gasteiger partial charge in [0.2, 0.25) is 5.91 Å². The lowest BCUT2D eigenvalue weighted by Gasteiger charge is -2.26. The first kappa shape index (κ1) is 11.5. The van der Waals surface area contributed by atoms with E-state index in [1.165, 1.54) is 0 Å². The van der Waals surface area contributed by atoms with Crippen molar-refractivity contribution in [2.75, 3.05) is 6.61 Å². The van der Waals surface area contributed by atoms with E-state index >= 15 is 0 Å². The van der Waals surface area contributed by atoms with Crippen LogP contribution in [0.1, 0.15) is 33.1 Å². The molecule has 14 heavy (non-hydrogen) atoms. The first-order valence-electron chi connectivity index (χ1n) is 5.15. The highest BCUT2D eigenvalue weighted by Gasteiger charge is 2.32. The summed E-state index contributed by atoms with van der Waals surface area (Å²) in [5, 5.41) is 11.8. The Morgan fingerprint density at radius 3 is 2.64 bits per heavy atom. The van der Waals surface area contributed by atoms with Crippen molar-refractivity contribution >= 4 is 5.91 Å². The molecule has 82 valence electrons. The van der Waals surface area contributed by atoms with Crippen molar-refractivity contribution in [3.05, 3.63) is 0 Å². The molecule has 0 aromatic heterocycles. The van der Waals surface area contributed by atoms with Crippen molar-refractivity contribution in [1.29, 1.82) is 0 Å². The molecule has 4 N–H and O–H groups in total. The van der Waals surface area contributed by atoms with Crippen LogP contribution < -0.4 is 11.1 Å². The van der Waals surface area contributed by atoms with Crippen LogP contribution in [0.3, 0.4) is 0 Å². The monoisotopic (exact) mass is 200 g/mol. The van der Waals surface area contributed by atoms with Gasteiger partial charge in [0.15, 0.2) is 0 Å². The number of aliphatic hydroxyl groups excluding tert-OH is 1. The third-order valence-corrected chi connectivity index (χ3v) is 2.76. The smallest absolute Gasteiger partial charge is 0.225 e. The molecule has 1 aliphatic rings. The van der Waals surface area contributed by atoms with Gasteiger partial charge in [-0.3, -0.25) is 4.79 Å². The predicted molar refractivity (Wildman–Crippen MR) is 54.6 cm³/mol. The fraction of sp³-hybridized carbons (Fsp3) is 0.900. The Hall–Kier alpha value is -0.610. The van der Waals surface area contributed by atoms with Gasteiger partial charge in [0.25, 0.3) is 0 Å². The minimum absolute atomic E-state index is 0.00973. The molecule has 0 aromatic rings. The normalized spacial score (nSPS) is 27.7. The Bertz CT molecular complexity index is 216. The molecule has 1 aliphatic carbocycles. The van der Waals surface area contributed by atoms with E-state index in [1.807, 2.05) is 0 Å². The van der Waals surface area contributed by atoms with Crippen molar-refractivity contribution in [2.24, 2.45) is 11.7 Å². The zero-order valence-corrected chi connectivity index (χ0v) is 8.92. The van der Waals surface area contributed by atoms with Crippen molar-refractivity contribution in [3.8, 4) is 0 Å². The fourth-order valence-electron chi connectivity index (χ4n) is 1.78. The second-order valence-corrected chi connectivity index (χ2v) is 4.73. The number of amides is 1. The summed E-state index contributed by atoms with van der Waals surface area (Å²) in [5.74, 6) is -0.0881. The maximum absolute atomic E-state index is 11.7. The summed E-state index contributed by atoms with van der Waals surface area (Å²) in [6, 6.07) is -0.00973. The number of carbonyl (C=O) groups excluding carboxylic acids is 1. The molecule has 1 saturated carbocycles. The van der Waals surface area contributed by atoms with Gasteiger partial charge in [-0.25, -0.2) is 0 Å². The van der Waals surface area contributed by atoms with E-state index in [4.69, 9.17) is 10.8 Å². The maximum Gasteiger partial charge on any atom is 0.225 e. The number of nitrogens with one attached hydrogen (secondary N) is 1. The molecule has 4 heteroatoms. The number of carbonyl (C=O) groups is 1. The second-order valence-electron chi connectivity index (χ2n) is 4.73. The molecule has 1 amide bonds. The van der Waals surface area contributed by atoms with Crippen LogP contribution in [0.15, 0.2) is 0 Å². The van der Waals surface area contributed by atoms with Gasteiger partial charge in [-0.1, -0.05) is 6.42 Å². The van der Waals surface area contributed by atoms with Crippen LogP contribution in [0.25, 0.3) is 0 Å². The van der Waals surface area contributed by atoms with Gasteiger partial charge in [-0.15, -0.1) is 0 Å². The lowest BCUT2D eigenvalue weighted by atomic mass is 10.0. The second kappa shape index (κ2) is 4.28. The molecule has 4 nitrogen and oxygen atoms in total. The highest BCUT2D eigenvalue weighted by atomic mass is 16.3. The summed E-state index contributed by atoms with van der Waals surface area (Å²) >= 11 is 0. The van der Waals surface area contributed by atoms with Crippen molar-refractivity contribution in [3.63, 3.8) is 0 Å². The molecule has 1 rings (SSSR count). The molecule has 0 heterocycles. The third-order valence-electron chi connectivity index (χ3n) is 2.76. The van der Waals surface area contributed by atoms with Crippen LogP contribution in [0.2, 0.25) is 0 Å². The predicted octanol–water partition coefficient (Wildman–Crippen LogP) is 0.000900. The molecular weight excluding hydrogens is 180 g/mol. The van der Waals surface area contributed by atoms with E-state index < -0.39 is 5.54 Å². The summed E-state index contributed by atoms with van der Waals surface area (Å²) in [6.07, 6.45) is 2.82. The highest BCUT2D eigenvalue weighted by molar-refractivity contribution is 5.80. The van der Waals surface area contributed by atoms with E-state index in [2.05, 4.69) is 5.32 Å². The summed E-state index contributed by atoms with van der Waals surface area (Å²) < 4.78 is 0. The SMILES string of the molecule is CC(C)(CO)NC(=O)C1CCCC1N. The van der Waals surface area contributed by atoms with Gasteiger partial charge in [0, 0.05) is 6.04 Å². The quantitative estimate of drug-likeness (QED) is 0.600. The third kappa shape index (κ3) is 2.69. The van der Waals surface area contributed by atoms with Crippen LogP contribution in [0.4, 0.5) is 0 Å². The molecule has 2 atom stereocenters. The molecule has 1 fully saturated rings. The first-order chi connectivity index (χ1) is 6.46. The Morgan fingerprint density at radius 1 is 1.57 bits per heavy atom. The van der Waals surface area contributed by atoms with Gasteiger partial charge in [0.05, 0.1) is 18.1 Å². The van der Waals surface area contributed by atoms with Crippen molar-refractivity contribution < 1.29 is 9.90 Å². The Balaban J connectivity index is 2.49. The van der Waals surface area contributed by atoms with E-state index in [-0.39, 0.29) is 24.5 Å². The number of nitrogens with two attached hydrogens (primary N) is 1. The zero-order valence-electron chi connectivity index (χ0n) is 8.92. The molecule has 0 radical (unpaired) electrons. The van der Waals surface area contributed by atoms with Crippen LogP contribution in [0.5, 0.6) is 0 Å². The largest absolute Gasteiger partial charge is 0.394 e. The molecular formula is C10H20N2O2. The molecule has 0 aliphatic heterocycles. The van der Waals surface area contributed by atoms with E-state index in [9.17, 15) is 4.79 Å². The Morgan fingerprint density at radius 2 is 2.21 bits per heavy atom. The average molecular weight is 200 g/mol. The molecule has 0 saturated heterocycles. The number of aliphatic hydroxyl groups is 1. The Labute approximate surface area is 84.9 Å². The van der Waals surface area contributed by atoms with Gasteiger partial charge < -0.3 is 16.2 Å². The van der Waals surface area contributed by atoms with Crippen LogP contribution >= 0.6 is 0 Å². The fourth-order valence-corrected chi connectivity index (χ4v) is 1.78. The zero-order chi connectivity index (χ0) is 10.8. The van der Waals surface area contributed by atoms with Crippen LogP contribution in [-0.4, -0.2) is 29.2 Å². The number of hydrogen-bond donors (Lipinski definition) is 3. The van der Waals surface area contributed by atoms with Crippen LogP contribution in [-0.2, 0) is 4.79 Å². The minimum atomic E-state index is -0.542. The van der Waals surface area contributed by atoms with Gasteiger partial charge in [-0.2, -0.15) is 0 Å². The standard InChI is InChI=1S/C10H20N2O2/c1-10(2,6-13)12-9(14)7-4-3-5-8(7)11/h7-8,13H,3-6,11H2,1-2H3,(H,12,14). The molecule has 0 aromatic carbocycles. The minimum Gasteiger partial charge on any atom is -0.394 e. The maximum atomic E-state index is 11.7. The van der Waals surface area contributed by atoms with Crippen molar-refractivity contribution in [1.82, 2.24) is 5.32 Å². The first-order valence-corrected chi connectivity index (χ1v) is 5.15. The topological polar surface area (TPSA) is 75.3 Å². The number of rotatable bonds is 3. The van der Waals surface area contributed by atoms with E-state index in [1.54, 1.807) is 13.8 Å². The van der Waals surface area contributed by atoms with E-state index in [0.29, 0.717) is 0 Å². The molecule has 2 unspecified atom stereocenters. The van der Waals surface area contributed by atoms with Gasteiger partial charge >= 0.3 is 0 Å². The van der Waals surface area contributed by atoms with Crippen molar-refractivity contribution in [2.45, 2.75) is 44.7 Å². The summed E-state index contributed by atoms with van der Waals surface area (Å²) in [6.45, 7) is 3.54. The van der Waals surface area contributed by atoms with Crippen LogP contribution in [0, 0.1) is 5.92 Å². The van der Waals surface area contributed by atoms with E-state index in [0.717, 1.165) is 19.3 Å². The summed E-state index contributed by atoms with van der Waals surface area (Å²) in [7, 11) is 0. The van der Waals surface area contributed by atoms with Gasteiger partial charge in [-0.05, 0) is 26.7 Å². The highest BCUT2D eigenvalue weighted by Crippen LogP contribution is 2.24. The van der Waals surface area contributed by atoms with Gasteiger partial charge in [0.1, 0.15) is 0 Å². The molecule has 0 bridgehead atoms. The lowest BCUT2D eigenvalue weighted by Crippen LogP contribution is -2.50. The Kier molecular flexibility index (Phi) is 3.50. The summed E-state index contributed by atoms with van der Waals surface area (Å²) in [5.41, 5.74) is 5.27. The summed E-state index contributed by atoms with van der Waals surface area (Å²) in [4.78, 5) is 11.7. The number of hydrogen-bond acceptors (Lipinski definition) is 3.